The first-order valence-electron chi connectivity index (χ1n) is 13.0. The number of ether oxygens (including phenoxy) is 1. The van der Waals surface area contributed by atoms with E-state index in [1.54, 1.807) is 11.2 Å². The van der Waals surface area contributed by atoms with Crippen LogP contribution >= 0.6 is 0 Å². The van der Waals surface area contributed by atoms with Crippen molar-refractivity contribution in [2.45, 2.75) is 25.3 Å². The van der Waals surface area contributed by atoms with E-state index in [0.29, 0.717) is 11.3 Å². The molecule has 1 amide bonds. The molecular weight excluding hydrogens is 502 g/mol. The lowest BCUT2D eigenvalue weighted by atomic mass is 10.1. The van der Waals surface area contributed by atoms with Crippen molar-refractivity contribution in [3.63, 3.8) is 0 Å². The number of aromatic nitrogens is 5. The van der Waals surface area contributed by atoms with E-state index in [4.69, 9.17) is 9.72 Å². The monoisotopic (exact) mass is 531 g/mol. The van der Waals surface area contributed by atoms with Crippen LogP contribution in [0.3, 0.4) is 0 Å². The number of aryl methyl sites for hydroxylation is 2. The lowest BCUT2D eigenvalue weighted by Gasteiger charge is -2.24. The summed E-state index contributed by atoms with van der Waals surface area (Å²) in [7, 11) is 3.78. The zero-order valence-corrected chi connectivity index (χ0v) is 22.6. The molecule has 0 bridgehead atoms. The van der Waals surface area contributed by atoms with Crippen LogP contribution in [0, 0.1) is 6.92 Å². The molecule has 1 aliphatic rings. The van der Waals surface area contributed by atoms with E-state index in [1.165, 1.54) is 12.4 Å². The van der Waals surface area contributed by atoms with Gasteiger partial charge in [-0.2, -0.15) is 0 Å². The molecule has 0 unspecified atom stereocenters. The van der Waals surface area contributed by atoms with E-state index in [2.05, 4.69) is 26.8 Å². The molecule has 1 aliphatic carbocycles. The van der Waals surface area contributed by atoms with Crippen LogP contribution in [0.15, 0.2) is 79.9 Å². The van der Waals surface area contributed by atoms with Crippen molar-refractivity contribution in [2.75, 3.05) is 12.4 Å². The molecule has 3 aromatic heterocycles. The zero-order valence-electron chi connectivity index (χ0n) is 22.6. The fourth-order valence-corrected chi connectivity index (χ4v) is 4.76. The van der Waals surface area contributed by atoms with Gasteiger partial charge in [-0.05, 0) is 79.9 Å². The Balaban J connectivity index is 1.22. The molecule has 40 heavy (non-hydrogen) atoms. The molecular formula is C31H29N7O2. The number of likely N-dealkylation sites (N-methyl/N-ethyl adjacent to an activating group) is 1. The van der Waals surface area contributed by atoms with E-state index in [1.807, 2.05) is 86.3 Å². The first-order chi connectivity index (χ1) is 19.3. The Morgan fingerprint density at radius 1 is 1.10 bits per heavy atom. The molecule has 6 rings (SSSR count). The molecule has 5 aromatic rings. The molecule has 0 saturated heterocycles. The summed E-state index contributed by atoms with van der Waals surface area (Å²) >= 11 is 0. The number of carbonyl (C=O) groups is 1. The summed E-state index contributed by atoms with van der Waals surface area (Å²) in [5.41, 5.74) is 5.64. The Bertz CT molecular complexity index is 1800. The molecule has 0 atom stereocenters. The lowest BCUT2D eigenvalue weighted by Crippen LogP contribution is -2.36. The van der Waals surface area contributed by atoms with Gasteiger partial charge in [0.1, 0.15) is 23.3 Å². The first-order valence-corrected chi connectivity index (χ1v) is 13.0. The Morgan fingerprint density at radius 2 is 1.95 bits per heavy atom. The van der Waals surface area contributed by atoms with E-state index in [0.717, 1.165) is 57.8 Å². The molecule has 9 heteroatoms. The molecule has 200 valence electrons. The van der Waals surface area contributed by atoms with Gasteiger partial charge in [-0.15, -0.1) is 0 Å². The van der Waals surface area contributed by atoms with Gasteiger partial charge in [0.2, 0.25) is 5.91 Å². The van der Waals surface area contributed by atoms with Crippen molar-refractivity contribution in [1.82, 2.24) is 29.4 Å². The summed E-state index contributed by atoms with van der Waals surface area (Å²) < 4.78 is 8.14. The number of anilines is 2. The number of fused-ring (bicyclic) bond motifs is 2. The van der Waals surface area contributed by atoms with Gasteiger partial charge in [0.15, 0.2) is 5.82 Å². The maximum Gasteiger partial charge on any atom is 0.246 e. The quantitative estimate of drug-likeness (QED) is 0.247. The third-order valence-corrected chi connectivity index (χ3v) is 7.37. The second-order valence-corrected chi connectivity index (χ2v) is 10.1. The van der Waals surface area contributed by atoms with Crippen LogP contribution in [0.4, 0.5) is 11.5 Å². The Kier molecular flexibility index (Phi) is 6.26. The average Bonchev–Trinajstić information content (AvgIpc) is 3.68. The third-order valence-electron chi connectivity index (χ3n) is 7.37. The topological polar surface area (TPSA) is 98.1 Å². The van der Waals surface area contributed by atoms with E-state index >= 15 is 0 Å². The highest BCUT2D eigenvalue weighted by Crippen LogP contribution is 2.43. The molecule has 3 heterocycles. The summed E-state index contributed by atoms with van der Waals surface area (Å²) in [5, 5.41) is 3.39. The second-order valence-electron chi connectivity index (χ2n) is 10.1. The van der Waals surface area contributed by atoms with Crippen LogP contribution in [0.1, 0.15) is 24.1 Å². The minimum absolute atomic E-state index is 0.0884. The molecule has 1 saturated carbocycles. The van der Waals surface area contributed by atoms with Crippen molar-refractivity contribution in [2.24, 2.45) is 7.05 Å². The lowest BCUT2D eigenvalue weighted by molar-refractivity contribution is -0.126. The molecule has 9 nitrogen and oxygen atoms in total. The Hall–Kier alpha value is -5.05. The number of pyridine rings is 1. The molecule has 2 aromatic carbocycles. The van der Waals surface area contributed by atoms with Crippen LogP contribution in [0.25, 0.3) is 28.1 Å². The third kappa shape index (κ3) is 4.77. The van der Waals surface area contributed by atoms with Crippen LogP contribution in [-0.2, 0) is 11.8 Å². The van der Waals surface area contributed by atoms with Gasteiger partial charge in [-0.3, -0.25) is 4.79 Å². The minimum atomic E-state index is -0.277. The smallest absolute Gasteiger partial charge is 0.246 e. The maximum atomic E-state index is 12.1. The number of hydrogen-bond acceptors (Lipinski definition) is 7. The number of amides is 1. The van der Waals surface area contributed by atoms with Gasteiger partial charge in [0, 0.05) is 25.8 Å². The van der Waals surface area contributed by atoms with Gasteiger partial charge in [-0.1, -0.05) is 12.7 Å². The van der Waals surface area contributed by atoms with Crippen molar-refractivity contribution in [3.05, 3.63) is 91.2 Å². The van der Waals surface area contributed by atoms with Crippen LogP contribution in [-0.4, -0.2) is 47.9 Å². The largest absolute Gasteiger partial charge is 0.457 e. The number of nitrogens with zero attached hydrogens (tertiary/aromatic N) is 6. The van der Waals surface area contributed by atoms with E-state index < -0.39 is 0 Å². The standard InChI is InChI=1S/C31H29N7O2/c1-5-28(39)38(4)31(14-15-31)13-12-21-6-9-24-29(35-21)30(33-18-32-24)36-22-7-11-27(20(2)16-22)40-23-8-10-26-25(17-23)34-19-37(26)3/h5-13,16-19H,1,14-15H2,2-4H3,(H,32,33,36)/b13-12+. The highest BCUT2D eigenvalue weighted by molar-refractivity contribution is 5.89. The number of benzene rings is 2. The summed E-state index contributed by atoms with van der Waals surface area (Å²) in [4.78, 5) is 31.9. The van der Waals surface area contributed by atoms with Crippen molar-refractivity contribution < 1.29 is 9.53 Å². The second kappa shape index (κ2) is 9.92. The van der Waals surface area contributed by atoms with Crippen molar-refractivity contribution in [3.8, 4) is 11.5 Å². The Morgan fingerprint density at radius 3 is 2.73 bits per heavy atom. The highest BCUT2D eigenvalue weighted by atomic mass is 16.5. The van der Waals surface area contributed by atoms with Crippen LogP contribution < -0.4 is 10.1 Å². The van der Waals surface area contributed by atoms with Crippen LogP contribution in [0.2, 0.25) is 0 Å². The number of imidazole rings is 1. The van der Waals surface area contributed by atoms with Crippen molar-refractivity contribution >= 4 is 45.6 Å². The van der Waals surface area contributed by atoms with E-state index in [-0.39, 0.29) is 11.4 Å². The fraction of sp³-hybridized carbons (Fsp3) is 0.194. The van der Waals surface area contributed by atoms with Gasteiger partial charge in [0.05, 0.1) is 34.1 Å². The number of rotatable bonds is 8. The van der Waals surface area contributed by atoms with Crippen LogP contribution in [0.5, 0.6) is 11.5 Å². The predicted molar refractivity (Wildman–Crippen MR) is 157 cm³/mol. The van der Waals surface area contributed by atoms with E-state index in [9.17, 15) is 4.79 Å². The predicted octanol–water partition coefficient (Wildman–Crippen LogP) is 5.95. The molecule has 0 radical (unpaired) electrons. The number of nitrogens with one attached hydrogen (secondary N) is 1. The molecule has 0 spiro atoms. The molecule has 0 aliphatic heterocycles. The van der Waals surface area contributed by atoms with Gasteiger partial charge < -0.3 is 19.5 Å². The van der Waals surface area contributed by atoms with Gasteiger partial charge in [-0.25, -0.2) is 19.9 Å². The highest BCUT2D eigenvalue weighted by Gasteiger charge is 2.45. The Labute approximate surface area is 231 Å². The SMILES string of the molecule is C=CC(=O)N(C)C1(/C=C/c2ccc3ncnc(Nc4ccc(Oc5ccc6c(c5)ncn6C)c(C)c4)c3n2)CC1. The maximum absolute atomic E-state index is 12.1. The summed E-state index contributed by atoms with van der Waals surface area (Å²) in [6, 6.07) is 15.6. The van der Waals surface area contributed by atoms with Gasteiger partial charge >= 0.3 is 0 Å². The average molecular weight is 532 g/mol. The summed E-state index contributed by atoms with van der Waals surface area (Å²) in [6.07, 6.45) is 10.5. The fourth-order valence-electron chi connectivity index (χ4n) is 4.76. The summed E-state index contributed by atoms with van der Waals surface area (Å²) in [5.74, 6) is 2.01. The normalized spacial score (nSPS) is 14.0. The first kappa shape index (κ1) is 25.2. The summed E-state index contributed by atoms with van der Waals surface area (Å²) in [6.45, 7) is 5.60. The van der Waals surface area contributed by atoms with Crippen molar-refractivity contribution in [1.29, 1.82) is 0 Å². The van der Waals surface area contributed by atoms with Gasteiger partial charge in [0.25, 0.3) is 0 Å². The number of hydrogen-bond donors (Lipinski definition) is 1. The number of carbonyl (C=O) groups excluding carboxylic acids is 1. The minimum Gasteiger partial charge on any atom is -0.457 e. The zero-order chi connectivity index (χ0) is 27.9. The molecule has 1 N–H and O–H groups in total. The molecule has 1 fully saturated rings.